The standard InChI is InChI=1S/C12H16N4O4/c1-12(2)11(20)13-5-6-15(12)10(19)7-16-9(18)4-3-8(17)14-16/h3-4H,5-7H2,1-2H3,(H,13,20)(H,14,17). The molecule has 1 aromatic rings. The zero-order valence-electron chi connectivity index (χ0n) is 11.3. The van der Waals surface area contributed by atoms with Gasteiger partial charge in [0.05, 0.1) is 0 Å². The molecular formula is C12H16N4O4. The molecule has 0 radical (unpaired) electrons. The lowest BCUT2D eigenvalue weighted by molar-refractivity contribution is -0.149. The fourth-order valence-corrected chi connectivity index (χ4v) is 2.14. The number of carbonyl (C=O) groups excluding carboxylic acids is 2. The lowest BCUT2D eigenvalue weighted by Gasteiger charge is -2.41. The first-order valence-corrected chi connectivity index (χ1v) is 6.21. The van der Waals surface area contributed by atoms with E-state index in [0.717, 1.165) is 16.8 Å². The van der Waals surface area contributed by atoms with Crippen molar-refractivity contribution >= 4 is 11.8 Å². The van der Waals surface area contributed by atoms with Gasteiger partial charge in [-0.2, -0.15) is 0 Å². The van der Waals surface area contributed by atoms with Gasteiger partial charge in [-0.15, -0.1) is 0 Å². The lowest BCUT2D eigenvalue weighted by atomic mass is 9.99. The van der Waals surface area contributed by atoms with Crippen molar-refractivity contribution in [3.8, 4) is 0 Å². The van der Waals surface area contributed by atoms with Crippen LogP contribution in [0.15, 0.2) is 21.7 Å². The molecule has 1 fully saturated rings. The third-order valence-electron chi connectivity index (χ3n) is 3.33. The van der Waals surface area contributed by atoms with E-state index < -0.39 is 22.6 Å². The van der Waals surface area contributed by atoms with Crippen LogP contribution in [-0.4, -0.2) is 45.1 Å². The number of aromatic amines is 1. The summed E-state index contributed by atoms with van der Waals surface area (Å²) in [4.78, 5) is 48.2. The van der Waals surface area contributed by atoms with Gasteiger partial charge in [0.25, 0.3) is 11.1 Å². The van der Waals surface area contributed by atoms with E-state index in [1.807, 2.05) is 0 Å². The molecule has 1 aliphatic rings. The summed E-state index contributed by atoms with van der Waals surface area (Å²) in [5.74, 6) is -0.639. The zero-order chi connectivity index (χ0) is 14.9. The number of nitrogens with zero attached hydrogens (tertiary/aromatic N) is 2. The Labute approximate surface area is 114 Å². The molecule has 8 nitrogen and oxygen atoms in total. The van der Waals surface area contributed by atoms with Crippen LogP contribution in [0.1, 0.15) is 13.8 Å². The summed E-state index contributed by atoms with van der Waals surface area (Å²) in [6.45, 7) is 3.70. The van der Waals surface area contributed by atoms with Crippen LogP contribution in [0.4, 0.5) is 0 Å². The zero-order valence-corrected chi connectivity index (χ0v) is 11.3. The number of nitrogens with one attached hydrogen (secondary N) is 2. The van der Waals surface area contributed by atoms with E-state index >= 15 is 0 Å². The maximum atomic E-state index is 12.3. The molecule has 108 valence electrons. The van der Waals surface area contributed by atoms with Crippen molar-refractivity contribution in [3.05, 3.63) is 32.8 Å². The number of aromatic nitrogens is 2. The minimum atomic E-state index is -0.978. The predicted molar refractivity (Wildman–Crippen MR) is 70.1 cm³/mol. The topological polar surface area (TPSA) is 104 Å². The van der Waals surface area contributed by atoms with E-state index in [4.69, 9.17) is 0 Å². The van der Waals surface area contributed by atoms with Gasteiger partial charge in [-0.25, -0.2) is 4.68 Å². The summed E-state index contributed by atoms with van der Waals surface area (Å²) in [6.07, 6.45) is 0. The van der Waals surface area contributed by atoms with Crippen molar-refractivity contribution in [1.29, 1.82) is 0 Å². The smallest absolute Gasteiger partial charge is 0.265 e. The first-order chi connectivity index (χ1) is 9.32. The fraction of sp³-hybridized carbons (Fsp3) is 0.500. The molecular weight excluding hydrogens is 264 g/mol. The molecule has 0 unspecified atom stereocenters. The first kappa shape index (κ1) is 14.0. The average Bonchev–Trinajstić information content (AvgIpc) is 2.37. The van der Waals surface area contributed by atoms with Crippen LogP contribution in [0.25, 0.3) is 0 Å². The van der Waals surface area contributed by atoms with E-state index in [9.17, 15) is 19.2 Å². The van der Waals surface area contributed by atoms with E-state index in [2.05, 4.69) is 10.4 Å². The van der Waals surface area contributed by atoms with Gasteiger partial charge in [0.15, 0.2) is 0 Å². The molecule has 2 amide bonds. The van der Waals surface area contributed by atoms with Crippen molar-refractivity contribution in [3.63, 3.8) is 0 Å². The highest BCUT2D eigenvalue weighted by Gasteiger charge is 2.40. The summed E-state index contributed by atoms with van der Waals surface area (Å²) >= 11 is 0. The number of hydrogen-bond donors (Lipinski definition) is 2. The first-order valence-electron chi connectivity index (χ1n) is 6.21. The molecule has 0 aliphatic carbocycles. The monoisotopic (exact) mass is 280 g/mol. The predicted octanol–water partition coefficient (Wildman–Crippen LogP) is -1.73. The van der Waals surface area contributed by atoms with Crippen LogP contribution in [-0.2, 0) is 16.1 Å². The van der Waals surface area contributed by atoms with Gasteiger partial charge in [-0.1, -0.05) is 0 Å². The third kappa shape index (κ3) is 2.49. The lowest BCUT2D eigenvalue weighted by Crippen LogP contribution is -2.64. The Hall–Kier alpha value is -2.38. The van der Waals surface area contributed by atoms with Crippen molar-refractivity contribution in [2.45, 2.75) is 25.9 Å². The highest BCUT2D eigenvalue weighted by molar-refractivity contribution is 5.91. The summed E-state index contributed by atoms with van der Waals surface area (Å²) in [6, 6.07) is 2.20. The number of carbonyl (C=O) groups is 2. The van der Waals surface area contributed by atoms with Gasteiger partial charge >= 0.3 is 0 Å². The maximum absolute atomic E-state index is 12.3. The number of H-pyrrole nitrogens is 1. The molecule has 1 saturated heterocycles. The Kier molecular flexibility index (Phi) is 3.47. The number of amides is 2. The van der Waals surface area contributed by atoms with Crippen molar-refractivity contribution in [2.75, 3.05) is 13.1 Å². The summed E-state index contributed by atoms with van der Waals surface area (Å²) < 4.78 is 0.938. The quantitative estimate of drug-likeness (QED) is 0.672. The summed E-state index contributed by atoms with van der Waals surface area (Å²) in [5.41, 5.74) is -1.92. The Morgan fingerprint density at radius 2 is 2.00 bits per heavy atom. The average molecular weight is 280 g/mol. The second-order valence-electron chi connectivity index (χ2n) is 5.09. The van der Waals surface area contributed by atoms with Gasteiger partial charge in [-0.05, 0) is 13.8 Å². The fourth-order valence-electron chi connectivity index (χ4n) is 2.14. The Morgan fingerprint density at radius 3 is 2.70 bits per heavy atom. The SMILES string of the molecule is CC1(C)C(=O)NCCN1C(=O)Cn1[nH]c(=O)ccc1=O. The minimum Gasteiger partial charge on any atom is -0.352 e. The van der Waals surface area contributed by atoms with E-state index in [0.29, 0.717) is 13.1 Å². The van der Waals surface area contributed by atoms with Gasteiger partial charge in [-0.3, -0.25) is 24.3 Å². The molecule has 0 atom stereocenters. The molecule has 0 spiro atoms. The van der Waals surface area contributed by atoms with Crippen LogP contribution >= 0.6 is 0 Å². The molecule has 0 aromatic carbocycles. The molecule has 1 aromatic heterocycles. The molecule has 8 heteroatoms. The number of rotatable bonds is 2. The van der Waals surface area contributed by atoms with Gasteiger partial charge in [0.2, 0.25) is 11.8 Å². The van der Waals surface area contributed by atoms with Gasteiger partial charge in [0, 0.05) is 25.2 Å². The van der Waals surface area contributed by atoms with E-state index in [1.165, 1.54) is 4.90 Å². The van der Waals surface area contributed by atoms with Crippen LogP contribution in [0.3, 0.4) is 0 Å². The Bertz CT molecular complexity index is 658. The van der Waals surface area contributed by atoms with Crippen LogP contribution in [0, 0.1) is 0 Å². The summed E-state index contributed by atoms with van der Waals surface area (Å²) in [5, 5.41) is 4.97. The second kappa shape index (κ2) is 4.95. The van der Waals surface area contributed by atoms with Gasteiger partial charge in [0.1, 0.15) is 12.1 Å². The number of hydrogen-bond acceptors (Lipinski definition) is 4. The Morgan fingerprint density at radius 1 is 1.30 bits per heavy atom. The van der Waals surface area contributed by atoms with E-state index in [1.54, 1.807) is 13.8 Å². The molecule has 20 heavy (non-hydrogen) atoms. The minimum absolute atomic E-state index is 0.244. The van der Waals surface area contributed by atoms with Crippen LogP contribution in [0.5, 0.6) is 0 Å². The third-order valence-corrected chi connectivity index (χ3v) is 3.33. The molecule has 2 N–H and O–H groups in total. The molecule has 1 aliphatic heterocycles. The second-order valence-corrected chi connectivity index (χ2v) is 5.09. The van der Waals surface area contributed by atoms with Crippen molar-refractivity contribution in [1.82, 2.24) is 20.0 Å². The highest BCUT2D eigenvalue weighted by atomic mass is 16.2. The van der Waals surface area contributed by atoms with Gasteiger partial charge < -0.3 is 10.2 Å². The van der Waals surface area contributed by atoms with E-state index in [-0.39, 0.29) is 12.5 Å². The maximum Gasteiger partial charge on any atom is 0.265 e. The van der Waals surface area contributed by atoms with Crippen molar-refractivity contribution in [2.24, 2.45) is 0 Å². The van der Waals surface area contributed by atoms with Crippen LogP contribution < -0.4 is 16.4 Å². The molecule has 0 bridgehead atoms. The van der Waals surface area contributed by atoms with Crippen LogP contribution in [0.2, 0.25) is 0 Å². The summed E-state index contributed by atoms with van der Waals surface area (Å²) in [7, 11) is 0. The highest BCUT2D eigenvalue weighted by Crippen LogP contribution is 2.17. The van der Waals surface area contributed by atoms with Crippen molar-refractivity contribution < 1.29 is 9.59 Å². The molecule has 0 saturated carbocycles. The largest absolute Gasteiger partial charge is 0.352 e. The number of piperazine rings is 1. The Balaban J connectivity index is 2.24. The molecule has 2 heterocycles. The normalized spacial score (nSPS) is 17.7. The molecule has 2 rings (SSSR count).